The smallest absolute Gasteiger partial charge is 0.243 e. The molecule has 0 saturated carbocycles. The number of carbonyl (C=O) groups is 1. The Balaban J connectivity index is 2.01. The van der Waals surface area contributed by atoms with Gasteiger partial charge in [0.15, 0.2) is 0 Å². The monoisotopic (exact) mass is 392 g/mol. The predicted octanol–water partition coefficient (Wildman–Crippen LogP) is 3.14. The minimum absolute atomic E-state index is 0.282. The Morgan fingerprint density at radius 1 is 1.08 bits per heavy atom. The number of nitrogens with zero attached hydrogens (tertiary/aromatic N) is 1. The number of amides is 1. The van der Waals surface area contributed by atoms with Gasteiger partial charge in [0, 0.05) is 17.2 Å². The third-order valence-corrected chi connectivity index (χ3v) is 5.95. The molecule has 7 heteroatoms. The lowest BCUT2D eigenvalue weighted by molar-refractivity contribution is -0.122. The molecule has 0 aliphatic rings. The van der Waals surface area contributed by atoms with Crippen LogP contribution < -0.4 is 9.62 Å². The van der Waals surface area contributed by atoms with Gasteiger partial charge in [-0.1, -0.05) is 43.3 Å². The van der Waals surface area contributed by atoms with E-state index in [1.807, 2.05) is 43.3 Å². The topological polar surface area (TPSA) is 66.5 Å². The molecule has 0 aliphatic heterocycles. The molecule has 0 saturated heterocycles. The zero-order valence-corrected chi connectivity index (χ0v) is 16.6. The lowest BCUT2D eigenvalue weighted by atomic mass is 10.2. The van der Waals surface area contributed by atoms with Gasteiger partial charge in [-0.15, -0.1) is 11.8 Å². The maximum atomic E-state index is 12.6. The van der Waals surface area contributed by atoms with Crippen molar-refractivity contribution < 1.29 is 13.2 Å². The highest BCUT2D eigenvalue weighted by Crippen LogP contribution is 2.22. The lowest BCUT2D eigenvalue weighted by Gasteiger charge is -2.30. The zero-order valence-electron chi connectivity index (χ0n) is 15.0. The van der Waals surface area contributed by atoms with Gasteiger partial charge in [-0.2, -0.15) is 0 Å². The van der Waals surface area contributed by atoms with Gasteiger partial charge in [0.05, 0.1) is 11.9 Å². The highest BCUT2D eigenvalue weighted by molar-refractivity contribution is 7.99. The van der Waals surface area contributed by atoms with Crippen molar-refractivity contribution in [2.75, 3.05) is 22.9 Å². The van der Waals surface area contributed by atoms with Crippen LogP contribution >= 0.6 is 11.8 Å². The van der Waals surface area contributed by atoms with E-state index in [2.05, 4.69) is 5.32 Å². The van der Waals surface area contributed by atoms with Crippen molar-refractivity contribution in [3.63, 3.8) is 0 Å². The second-order valence-corrected chi connectivity index (χ2v) is 8.80. The van der Waals surface area contributed by atoms with Gasteiger partial charge in [-0.25, -0.2) is 8.42 Å². The number of sulfonamides is 1. The molecule has 0 heterocycles. The van der Waals surface area contributed by atoms with Crippen LogP contribution in [0.5, 0.6) is 0 Å². The quantitative estimate of drug-likeness (QED) is 0.526. The van der Waals surface area contributed by atoms with Crippen molar-refractivity contribution >= 4 is 33.4 Å². The van der Waals surface area contributed by atoms with Crippen LogP contribution in [-0.2, 0) is 14.8 Å². The first-order valence-corrected chi connectivity index (χ1v) is 11.3. The number of benzene rings is 2. The summed E-state index contributed by atoms with van der Waals surface area (Å²) in [6.45, 7) is 2.28. The summed E-state index contributed by atoms with van der Waals surface area (Å²) in [6, 6.07) is 17.9. The number of anilines is 1. The third-order valence-electron chi connectivity index (χ3n) is 3.75. The second kappa shape index (κ2) is 9.64. The minimum Gasteiger partial charge on any atom is -0.353 e. The highest BCUT2D eigenvalue weighted by atomic mass is 32.2. The van der Waals surface area contributed by atoms with Crippen molar-refractivity contribution in [2.24, 2.45) is 0 Å². The van der Waals surface area contributed by atoms with Crippen LogP contribution in [0, 0.1) is 0 Å². The van der Waals surface area contributed by atoms with Crippen LogP contribution in [0.1, 0.15) is 13.3 Å². The van der Waals surface area contributed by atoms with Crippen LogP contribution in [-0.4, -0.2) is 38.9 Å². The molecule has 1 atom stereocenters. The minimum atomic E-state index is -3.58. The van der Waals surface area contributed by atoms with E-state index < -0.39 is 16.1 Å². The predicted molar refractivity (Wildman–Crippen MR) is 108 cm³/mol. The summed E-state index contributed by atoms with van der Waals surface area (Å²) in [5, 5.41) is 2.86. The van der Waals surface area contributed by atoms with Gasteiger partial charge in [-0.3, -0.25) is 9.10 Å². The fourth-order valence-electron chi connectivity index (χ4n) is 2.61. The average Bonchev–Trinajstić information content (AvgIpc) is 2.63. The zero-order chi connectivity index (χ0) is 19.0. The van der Waals surface area contributed by atoms with E-state index in [4.69, 9.17) is 0 Å². The summed E-state index contributed by atoms with van der Waals surface area (Å²) >= 11 is 1.65. The number of nitrogens with one attached hydrogen (secondary N) is 1. The van der Waals surface area contributed by atoms with Crippen LogP contribution in [0.25, 0.3) is 0 Å². The molecule has 0 bridgehead atoms. The SMILES string of the molecule is CC[C@@H](C(=O)NCCSc1ccccc1)N(c1ccccc1)S(C)(=O)=O. The van der Waals surface area contributed by atoms with Gasteiger partial charge in [0.25, 0.3) is 0 Å². The molecular weight excluding hydrogens is 368 g/mol. The summed E-state index contributed by atoms with van der Waals surface area (Å²) in [7, 11) is -3.58. The Morgan fingerprint density at radius 2 is 1.65 bits per heavy atom. The van der Waals surface area contributed by atoms with Crippen LogP contribution in [0.4, 0.5) is 5.69 Å². The molecule has 0 aromatic heterocycles. The molecule has 2 rings (SSSR count). The van der Waals surface area contributed by atoms with E-state index in [-0.39, 0.29) is 5.91 Å². The summed E-state index contributed by atoms with van der Waals surface area (Å²) in [6.07, 6.45) is 1.51. The number of carbonyl (C=O) groups excluding carboxylic acids is 1. The van der Waals surface area contributed by atoms with Crippen LogP contribution in [0.15, 0.2) is 65.6 Å². The van der Waals surface area contributed by atoms with Crippen molar-refractivity contribution in [3.05, 3.63) is 60.7 Å². The first kappa shape index (κ1) is 20.3. The van der Waals surface area contributed by atoms with Crippen LogP contribution in [0.3, 0.4) is 0 Å². The molecule has 2 aromatic carbocycles. The molecule has 0 spiro atoms. The molecule has 140 valence electrons. The molecule has 1 amide bonds. The largest absolute Gasteiger partial charge is 0.353 e. The Bertz CT molecular complexity index is 796. The maximum Gasteiger partial charge on any atom is 0.243 e. The van der Waals surface area contributed by atoms with E-state index in [9.17, 15) is 13.2 Å². The van der Waals surface area contributed by atoms with Crippen molar-refractivity contribution in [3.8, 4) is 0 Å². The second-order valence-electron chi connectivity index (χ2n) is 5.77. The third kappa shape index (κ3) is 5.78. The normalized spacial score (nSPS) is 12.4. The van der Waals surface area contributed by atoms with Gasteiger partial charge in [-0.05, 0) is 30.7 Å². The fraction of sp³-hybridized carbons (Fsp3) is 0.316. The summed E-state index contributed by atoms with van der Waals surface area (Å²) in [5.74, 6) is 0.437. The first-order chi connectivity index (χ1) is 12.4. The highest BCUT2D eigenvalue weighted by Gasteiger charge is 2.31. The number of hydrogen-bond acceptors (Lipinski definition) is 4. The summed E-state index contributed by atoms with van der Waals surface area (Å²) < 4.78 is 25.8. The summed E-state index contributed by atoms with van der Waals surface area (Å²) in [5.41, 5.74) is 0.496. The number of thioether (sulfide) groups is 1. The molecule has 26 heavy (non-hydrogen) atoms. The van der Waals surface area contributed by atoms with Crippen molar-refractivity contribution in [1.29, 1.82) is 0 Å². The fourth-order valence-corrected chi connectivity index (χ4v) is 4.61. The summed E-state index contributed by atoms with van der Waals surface area (Å²) in [4.78, 5) is 13.8. The van der Waals surface area contributed by atoms with Gasteiger partial charge in [0.2, 0.25) is 15.9 Å². The Labute approximate surface area is 159 Å². The van der Waals surface area contributed by atoms with E-state index in [0.29, 0.717) is 18.7 Å². The standard InChI is InChI=1S/C19H24N2O3S2/c1-3-18(21(26(2,23)24)16-10-6-4-7-11-16)19(22)20-14-15-25-17-12-8-5-9-13-17/h4-13,18H,3,14-15H2,1-2H3,(H,20,22)/t18-/m0/s1. The number of rotatable bonds is 9. The molecule has 0 fully saturated rings. The van der Waals surface area contributed by atoms with E-state index in [1.54, 1.807) is 36.0 Å². The molecule has 2 aromatic rings. The van der Waals surface area contributed by atoms with Crippen molar-refractivity contribution in [1.82, 2.24) is 5.32 Å². The number of hydrogen-bond donors (Lipinski definition) is 1. The molecular formula is C19H24N2O3S2. The maximum absolute atomic E-state index is 12.6. The van der Waals surface area contributed by atoms with E-state index in [1.165, 1.54) is 4.31 Å². The van der Waals surface area contributed by atoms with Gasteiger partial charge < -0.3 is 5.32 Å². The molecule has 5 nitrogen and oxygen atoms in total. The van der Waals surface area contributed by atoms with Gasteiger partial charge in [0.1, 0.15) is 6.04 Å². The number of para-hydroxylation sites is 1. The molecule has 0 radical (unpaired) electrons. The van der Waals surface area contributed by atoms with Crippen LogP contribution in [0.2, 0.25) is 0 Å². The van der Waals surface area contributed by atoms with E-state index >= 15 is 0 Å². The Kier molecular flexibility index (Phi) is 7.53. The lowest BCUT2D eigenvalue weighted by Crippen LogP contribution is -2.49. The molecule has 0 aliphatic carbocycles. The van der Waals surface area contributed by atoms with Gasteiger partial charge >= 0.3 is 0 Å². The molecule has 1 N–H and O–H groups in total. The average molecular weight is 393 g/mol. The molecule has 0 unspecified atom stereocenters. The first-order valence-electron chi connectivity index (χ1n) is 8.43. The van der Waals surface area contributed by atoms with E-state index in [0.717, 1.165) is 16.9 Å². The van der Waals surface area contributed by atoms with Crippen molar-refractivity contribution in [2.45, 2.75) is 24.3 Å². The Hall–Kier alpha value is -1.99. The Morgan fingerprint density at radius 3 is 2.19 bits per heavy atom.